The number of nitrogens with one attached hydrogen (secondary N) is 1. The maximum absolute atomic E-state index is 13.1. The molecule has 0 aliphatic carbocycles. The van der Waals surface area contributed by atoms with E-state index in [0.29, 0.717) is 30.7 Å². The lowest BCUT2D eigenvalue weighted by Gasteiger charge is -2.44. The maximum atomic E-state index is 13.1. The number of hydrogen-bond acceptors (Lipinski definition) is 3. The predicted octanol–water partition coefficient (Wildman–Crippen LogP) is 2.56. The highest BCUT2D eigenvalue weighted by Crippen LogP contribution is 2.31. The molecule has 1 aromatic rings. The van der Waals surface area contributed by atoms with Gasteiger partial charge in [0.05, 0.1) is 5.92 Å². The number of fused-ring (bicyclic) bond motifs is 1. The first-order chi connectivity index (χ1) is 13.1. The fourth-order valence-corrected chi connectivity index (χ4v) is 4.95. The van der Waals surface area contributed by atoms with Gasteiger partial charge in [0.1, 0.15) is 5.82 Å². The standard InChI is InChI=1S/C21H28FN3O2/c22-17-6-8-18(9-7-17)25-14-16(12-20(25)26)21(27)23-13-15-4-3-11-24-10-2-1-5-19(15)24/h6-9,15-16,19H,1-5,10-14H2,(H,23,27)/t15-,16+,19-/m0/s1. The van der Waals surface area contributed by atoms with Gasteiger partial charge in [0.25, 0.3) is 0 Å². The largest absolute Gasteiger partial charge is 0.355 e. The molecule has 6 heteroatoms. The summed E-state index contributed by atoms with van der Waals surface area (Å²) >= 11 is 0. The van der Waals surface area contributed by atoms with E-state index in [0.717, 1.165) is 0 Å². The number of amides is 2. The van der Waals surface area contributed by atoms with Crippen LogP contribution in [0.1, 0.15) is 38.5 Å². The third-order valence-electron chi connectivity index (χ3n) is 6.40. The van der Waals surface area contributed by atoms with Gasteiger partial charge in [0, 0.05) is 31.2 Å². The first kappa shape index (κ1) is 18.4. The molecule has 5 nitrogen and oxygen atoms in total. The normalized spacial score (nSPS) is 28.9. The zero-order chi connectivity index (χ0) is 18.8. The summed E-state index contributed by atoms with van der Waals surface area (Å²) in [4.78, 5) is 29.2. The van der Waals surface area contributed by atoms with Gasteiger partial charge in [-0.1, -0.05) is 6.42 Å². The maximum Gasteiger partial charge on any atom is 0.227 e. The molecule has 0 radical (unpaired) electrons. The van der Waals surface area contributed by atoms with E-state index in [4.69, 9.17) is 0 Å². The quantitative estimate of drug-likeness (QED) is 0.883. The van der Waals surface area contributed by atoms with Gasteiger partial charge in [-0.05, 0) is 69.0 Å². The molecule has 3 atom stereocenters. The van der Waals surface area contributed by atoms with Crippen molar-refractivity contribution in [1.29, 1.82) is 0 Å². The number of carbonyl (C=O) groups is 2. The van der Waals surface area contributed by atoms with Gasteiger partial charge in [-0.2, -0.15) is 0 Å². The van der Waals surface area contributed by atoms with Gasteiger partial charge in [0.2, 0.25) is 11.8 Å². The highest BCUT2D eigenvalue weighted by molar-refractivity contribution is 6.00. The lowest BCUT2D eigenvalue weighted by molar-refractivity contribution is -0.126. The van der Waals surface area contributed by atoms with E-state index >= 15 is 0 Å². The first-order valence-electron chi connectivity index (χ1n) is 10.2. The van der Waals surface area contributed by atoms with Gasteiger partial charge in [-0.15, -0.1) is 0 Å². The van der Waals surface area contributed by atoms with Crippen LogP contribution in [-0.2, 0) is 9.59 Å². The Balaban J connectivity index is 1.32. The van der Waals surface area contributed by atoms with Crippen LogP contribution in [0.15, 0.2) is 24.3 Å². The Morgan fingerprint density at radius 1 is 1.11 bits per heavy atom. The molecular formula is C21H28FN3O2. The van der Waals surface area contributed by atoms with Crippen molar-refractivity contribution in [3.8, 4) is 0 Å². The number of nitrogens with zero attached hydrogens (tertiary/aromatic N) is 2. The SMILES string of the molecule is O=C(NC[C@@H]1CCCN2CCCC[C@@H]12)[C@@H]1CC(=O)N(c2ccc(F)cc2)C1. The van der Waals surface area contributed by atoms with E-state index in [2.05, 4.69) is 10.2 Å². The Bertz CT molecular complexity index is 691. The number of rotatable bonds is 4. The lowest BCUT2D eigenvalue weighted by Crippen LogP contribution is -2.51. The summed E-state index contributed by atoms with van der Waals surface area (Å²) in [6.07, 6.45) is 6.42. The van der Waals surface area contributed by atoms with Crippen molar-refractivity contribution < 1.29 is 14.0 Å². The Morgan fingerprint density at radius 2 is 1.89 bits per heavy atom. The molecule has 3 heterocycles. The van der Waals surface area contributed by atoms with Crippen molar-refractivity contribution in [2.75, 3.05) is 31.1 Å². The number of piperidine rings is 2. The predicted molar refractivity (Wildman–Crippen MR) is 102 cm³/mol. The minimum Gasteiger partial charge on any atom is -0.355 e. The lowest BCUT2D eigenvalue weighted by atomic mass is 9.83. The molecule has 3 fully saturated rings. The summed E-state index contributed by atoms with van der Waals surface area (Å²) in [6.45, 7) is 3.47. The van der Waals surface area contributed by atoms with Gasteiger partial charge in [0.15, 0.2) is 0 Å². The molecule has 3 saturated heterocycles. The molecule has 0 bridgehead atoms. The molecule has 27 heavy (non-hydrogen) atoms. The van der Waals surface area contributed by atoms with E-state index in [-0.39, 0.29) is 30.0 Å². The minimum absolute atomic E-state index is 0.0269. The molecule has 1 N–H and O–H groups in total. The first-order valence-corrected chi connectivity index (χ1v) is 10.2. The van der Waals surface area contributed by atoms with E-state index in [1.54, 1.807) is 17.0 Å². The molecule has 1 aromatic carbocycles. The van der Waals surface area contributed by atoms with Gasteiger partial charge in [-0.3, -0.25) is 9.59 Å². The zero-order valence-corrected chi connectivity index (χ0v) is 15.7. The second-order valence-corrected chi connectivity index (χ2v) is 8.13. The summed E-state index contributed by atoms with van der Waals surface area (Å²) in [5.74, 6) is -0.232. The van der Waals surface area contributed by atoms with Crippen molar-refractivity contribution in [1.82, 2.24) is 10.2 Å². The molecule has 3 aliphatic rings. The van der Waals surface area contributed by atoms with E-state index in [9.17, 15) is 14.0 Å². The van der Waals surface area contributed by atoms with Crippen LogP contribution in [0.5, 0.6) is 0 Å². The zero-order valence-electron chi connectivity index (χ0n) is 15.7. The second kappa shape index (κ2) is 7.97. The summed E-state index contributed by atoms with van der Waals surface area (Å²) in [5, 5.41) is 3.12. The Hall–Kier alpha value is -1.95. The second-order valence-electron chi connectivity index (χ2n) is 8.13. The van der Waals surface area contributed by atoms with Gasteiger partial charge >= 0.3 is 0 Å². The highest BCUT2D eigenvalue weighted by atomic mass is 19.1. The third-order valence-corrected chi connectivity index (χ3v) is 6.40. The number of benzene rings is 1. The van der Waals surface area contributed by atoms with E-state index < -0.39 is 0 Å². The Kier molecular flexibility index (Phi) is 5.43. The smallest absolute Gasteiger partial charge is 0.227 e. The van der Waals surface area contributed by atoms with Crippen LogP contribution in [0.25, 0.3) is 0 Å². The molecule has 146 valence electrons. The number of hydrogen-bond donors (Lipinski definition) is 1. The summed E-state index contributed by atoms with van der Waals surface area (Å²) in [6, 6.07) is 6.47. The van der Waals surface area contributed by atoms with Crippen LogP contribution in [0, 0.1) is 17.7 Å². The monoisotopic (exact) mass is 373 g/mol. The average molecular weight is 373 g/mol. The number of anilines is 1. The van der Waals surface area contributed by atoms with Crippen LogP contribution in [-0.4, -0.2) is 48.9 Å². The minimum atomic E-state index is -0.330. The fraction of sp³-hybridized carbons (Fsp3) is 0.619. The molecule has 0 spiro atoms. The Labute approximate surface area is 159 Å². The van der Waals surface area contributed by atoms with Crippen molar-refractivity contribution in [2.45, 2.75) is 44.6 Å². The summed E-state index contributed by atoms with van der Waals surface area (Å²) < 4.78 is 13.1. The van der Waals surface area contributed by atoms with Crippen molar-refractivity contribution >= 4 is 17.5 Å². The summed E-state index contributed by atoms with van der Waals surface area (Å²) in [7, 11) is 0. The van der Waals surface area contributed by atoms with E-state index in [1.165, 1.54) is 57.3 Å². The van der Waals surface area contributed by atoms with Crippen LogP contribution in [0.4, 0.5) is 10.1 Å². The third kappa shape index (κ3) is 4.00. The molecular weight excluding hydrogens is 345 g/mol. The topological polar surface area (TPSA) is 52.7 Å². The number of halogens is 1. The molecule has 4 rings (SSSR count). The summed E-state index contributed by atoms with van der Waals surface area (Å²) in [5.41, 5.74) is 0.654. The Morgan fingerprint density at radius 3 is 2.70 bits per heavy atom. The van der Waals surface area contributed by atoms with Crippen LogP contribution in [0.2, 0.25) is 0 Å². The molecule has 0 saturated carbocycles. The molecule has 3 aliphatic heterocycles. The highest BCUT2D eigenvalue weighted by Gasteiger charge is 2.37. The molecule has 0 aromatic heterocycles. The average Bonchev–Trinajstić information content (AvgIpc) is 3.08. The fourth-order valence-electron chi connectivity index (χ4n) is 4.95. The van der Waals surface area contributed by atoms with Crippen molar-refractivity contribution in [2.24, 2.45) is 11.8 Å². The molecule has 2 amide bonds. The van der Waals surface area contributed by atoms with Crippen LogP contribution >= 0.6 is 0 Å². The van der Waals surface area contributed by atoms with Crippen LogP contribution < -0.4 is 10.2 Å². The number of carbonyl (C=O) groups excluding carboxylic acids is 2. The van der Waals surface area contributed by atoms with E-state index in [1.807, 2.05) is 0 Å². The van der Waals surface area contributed by atoms with Crippen molar-refractivity contribution in [3.05, 3.63) is 30.1 Å². The van der Waals surface area contributed by atoms with Gasteiger partial charge in [-0.25, -0.2) is 4.39 Å². The van der Waals surface area contributed by atoms with Crippen LogP contribution in [0.3, 0.4) is 0 Å². The van der Waals surface area contributed by atoms with Crippen molar-refractivity contribution in [3.63, 3.8) is 0 Å². The molecule has 0 unspecified atom stereocenters. The van der Waals surface area contributed by atoms with Gasteiger partial charge < -0.3 is 15.1 Å².